The molecule has 1 aliphatic heterocycles. The third-order valence-corrected chi connectivity index (χ3v) is 7.34. The first-order valence-corrected chi connectivity index (χ1v) is 10.8. The number of carbonyl (C=O) groups is 1. The molecule has 1 amide bonds. The second-order valence-corrected chi connectivity index (χ2v) is 8.97. The van der Waals surface area contributed by atoms with E-state index in [2.05, 4.69) is 5.32 Å². The third-order valence-electron chi connectivity index (χ3n) is 4.51. The molecule has 0 saturated carbocycles. The summed E-state index contributed by atoms with van der Waals surface area (Å²) >= 11 is 1.36. The minimum Gasteiger partial charge on any atom is -0.321 e. The Hall–Kier alpha value is -1.70. The van der Waals surface area contributed by atoms with Gasteiger partial charge >= 0.3 is 0 Å². The molecule has 7 heteroatoms. The van der Waals surface area contributed by atoms with Gasteiger partial charge in [-0.1, -0.05) is 19.4 Å². The van der Waals surface area contributed by atoms with Gasteiger partial charge in [0.1, 0.15) is 0 Å². The number of hydrogen-bond donors (Lipinski definition) is 1. The van der Waals surface area contributed by atoms with E-state index in [4.69, 9.17) is 0 Å². The van der Waals surface area contributed by atoms with Crippen LogP contribution in [0.15, 0.2) is 46.7 Å². The summed E-state index contributed by atoms with van der Waals surface area (Å²) in [5, 5.41) is 4.63. The molecular weight excluding hydrogens is 356 g/mol. The van der Waals surface area contributed by atoms with Gasteiger partial charge in [0.05, 0.1) is 9.77 Å². The van der Waals surface area contributed by atoms with E-state index in [1.54, 1.807) is 34.6 Å². The van der Waals surface area contributed by atoms with Crippen LogP contribution in [0.1, 0.15) is 42.3 Å². The van der Waals surface area contributed by atoms with Crippen LogP contribution in [-0.4, -0.2) is 31.2 Å². The Morgan fingerprint density at radius 3 is 2.64 bits per heavy atom. The molecule has 1 saturated heterocycles. The lowest BCUT2D eigenvalue weighted by atomic mass is 10.0. The molecule has 0 unspecified atom stereocenters. The molecule has 134 valence electrons. The maximum Gasteiger partial charge on any atom is 0.265 e. The van der Waals surface area contributed by atoms with Gasteiger partial charge in [-0.25, -0.2) is 8.42 Å². The van der Waals surface area contributed by atoms with E-state index in [9.17, 15) is 13.2 Å². The number of anilines is 1. The number of piperidine rings is 1. The van der Waals surface area contributed by atoms with Crippen molar-refractivity contribution in [1.29, 1.82) is 0 Å². The molecule has 1 N–H and O–H groups in total. The van der Waals surface area contributed by atoms with Gasteiger partial charge in [-0.2, -0.15) is 4.31 Å². The molecule has 0 bridgehead atoms. The molecule has 2 heterocycles. The molecular formula is C18H22N2O3S2. The van der Waals surface area contributed by atoms with Crippen LogP contribution in [-0.2, 0) is 10.0 Å². The molecule has 5 nitrogen and oxygen atoms in total. The minimum atomic E-state index is -3.49. The SMILES string of the molecule is CC[C@@H]1CCCCN1S(=O)(=O)c1ccc(NC(=O)c2cccs2)cc1. The number of benzene rings is 1. The summed E-state index contributed by atoms with van der Waals surface area (Å²) in [6.07, 6.45) is 3.74. The smallest absolute Gasteiger partial charge is 0.265 e. The van der Waals surface area contributed by atoms with Crippen molar-refractivity contribution >= 4 is 33.0 Å². The van der Waals surface area contributed by atoms with Gasteiger partial charge < -0.3 is 5.32 Å². The second kappa shape index (κ2) is 7.68. The average Bonchev–Trinajstić information content (AvgIpc) is 3.17. The van der Waals surface area contributed by atoms with Crippen molar-refractivity contribution in [2.24, 2.45) is 0 Å². The lowest BCUT2D eigenvalue weighted by Gasteiger charge is -2.34. The molecule has 1 fully saturated rings. The van der Waals surface area contributed by atoms with Crippen LogP contribution in [0.25, 0.3) is 0 Å². The number of nitrogens with zero attached hydrogens (tertiary/aromatic N) is 1. The topological polar surface area (TPSA) is 66.5 Å². The summed E-state index contributed by atoms with van der Waals surface area (Å²) in [7, 11) is -3.49. The van der Waals surface area contributed by atoms with Gasteiger partial charge in [-0.3, -0.25) is 4.79 Å². The summed E-state index contributed by atoms with van der Waals surface area (Å²) in [5.74, 6) is -0.187. The zero-order valence-corrected chi connectivity index (χ0v) is 15.8. The molecule has 0 aliphatic carbocycles. The van der Waals surface area contributed by atoms with Gasteiger partial charge in [0, 0.05) is 18.3 Å². The molecule has 1 aromatic carbocycles. The van der Waals surface area contributed by atoms with Crippen LogP contribution in [0.4, 0.5) is 5.69 Å². The number of carbonyl (C=O) groups excluding carboxylic acids is 1. The lowest BCUT2D eigenvalue weighted by Crippen LogP contribution is -2.43. The fourth-order valence-corrected chi connectivity index (χ4v) is 5.53. The van der Waals surface area contributed by atoms with Crippen molar-refractivity contribution in [2.45, 2.75) is 43.5 Å². The highest BCUT2D eigenvalue weighted by molar-refractivity contribution is 7.89. The highest BCUT2D eigenvalue weighted by Gasteiger charge is 2.32. The van der Waals surface area contributed by atoms with Gasteiger partial charge in [0.2, 0.25) is 10.0 Å². The van der Waals surface area contributed by atoms with Crippen molar-refractivity contribution < 1.29 is 13.2 Å². The molecule has 1 aromatic heterocycles. The van der Waals surface area contributed by atoms with Crippen LogP contribution in [0.2, 0.25) is 0 Å². The zero-order valence-electron chi connectivity index (χ0n) is 14.1. The summed E-state index contributed by atoms with van der Waals surface area (Å²) in [4.78, 5) is 13.0. The molecule has 3 rings (SSSR count). The Morgan fingerprint density at radius 2 is 2.00 bits per heavy atom. The predicted molar refractivity (Wildman–Crippen MR) is 101 cm³/mol. The second-order valence-electron chi connectivity index (χ2n) is 6.13. The first kappa shape index (κ1) is 18.1. The Labute approximate surface area is 152 Å². The van der Waals surface area contributed by atoms with Gasteiger partial charge in [-0.05, 0) is 55.0 Å². The average molecular weight is 379 g/mol. The monoisotopic (exact) mass is 378 g/mol. The molecule has 1 aliphatic rings. The minimum absolute atomic E-state index is 0.0805. The first-order valence-electron chi connectivity index (χ1n) is 8.49. The predicted octanol–water partition coefficient (Wildman–Crippen LogP) is 3.95. The van der Waals surface area contributed by atoms with E-state index in [-0.39, 0.29) is 16.8 Å². The van der Waals surface area contributed by atoms with Crippen molar-refractivity contribution in [3.63, 3.8) is 0 Å². The molecule has 25 heavy (non-hydrogen) atoms. The van der Waals surface area contributed by atoms with Crippen molar-refractivity contribution in [3.05, 3.63) is 46.7 Å². The Bertz CT molecular complexity index is 815. The quantitative estimate of drug-likeness (QED) is 0.856. The van der Waals surface area contributed by atoms with Crippen LogP contribution in [0.3, 0.4) is 0 Å². The Kier molecular flexibility index (Phi) is 5.56. The van der Waals surface area contributed by atoms with E-state index >= 15 is 0 Å². The summed E-state index contributed by atoms with van der Waals surface area (Å²) in [6.45, 7) is 2.61. The molecule has 2 aromatic rings. The highest BCUT2D eigenvalue weighted by atomic mass is 32.2. The maximum absolute atomic E-state index is 12.9. The Morgan fingerprint density at radius 1 is 1.24 bits per heavy atom. The van der Waals surface area contributed by atoms with E-state index in [1.165, 1.54) is 11.3 Å². The summed E-state index contributed by atoms with van der Waals surface area (Å²) in [6, 6.07) is 10.1. The number of nitrogens with one attached hydrogen (secondary N) is 1. The maximum atomic E-state index is 12.9. The number of hydrogen-bond acceptors (Lipinski definition) is 4. The van der Waals surface area contributed by atoms with Gasteiger partial charge in [0.25, 0.3) is 5.91 Å². The zero-order chi connectivity index (χ0) is 17.9. The number of amides is 1. The fourth-order valence-electron chi connectivity index (χ4n) is 3.14. The lowest BCUT2D eigenvalue weighted by molar-refractivity contribution is 0.103. The van der Waals surface area contributed by atoms with Crippen molar-refractivity contribution in [1.82, 2.24) is 4.31 Å². The van der Waals surface area contributed by atoms with Crippen molar-refractivity contribution in [3.8, 4) is 0 Å². The van der Waals surface area contributed by atoms with E-state index in [0.717, 1.165) is 25.7 Å². The molecule has 0 radical (unpaired) electrons. The van der Waals surface area contributed by atoms with E-state index in [0.29, 0.717) is 17.1 Å². The largest absolute Gasteiger partial charge is 0.321 e. The standard InChI is InChI=1S/C18H22N2O3S2/c1-2-15-6-3-4-12-20(15)25(22,23)16-10-8-14(9-11-16)19-18(21)17-7-5-13-24-17/h5,7-11,13,15H,2-4,6,12H2,1H3,(H,19,21)/t15-/m1/s1. The van der Waals surface area contributed by atoms with Gasteiger partial charge in [-0.15, -0.1) is 11.3 Å². The van der Waals surface area contributed by atoms with Crippen LogP contribution < -0.4 is 5.32 Å². The summed E-state index contributed by atoms with van der Waals surface area (Å²) in [5.41, 5.74) is 0.586. The number of rotatable bonds is 5. The molecule has 1 atom stereocenters. The first-order chi connectivity index (χ1) is 12.0. The number of thiophene rings is 1. The van der Waals surface area contributed by atoms with Crippen LogP contribution >= 0.6 is 11.3 Å². The van der Waals surface area contributed by atoms with Crippen LogP contribution in [0.5, 0.6) is 0 Å². The normalized spacial score (nSPS) is 18.8. The summed E-state index contributed by atoms with van der Waals surface area (Å²) < 4.78 is 27.5. The highest BCUT2D eigenvalue weighted by Crippen LogP contribution is 2.27. The van der Waals surface area contributed by atoms with Crippen LogP contribution in [0, 0.1) is 0 Å². The molecule has 0 spiro atoms. The van der Waals surface area contributed by atoms with Gasteiger partial charge in [0.15, 0.2) is 0 Å². The van der Waals surface area contributed by atoms with Crippen molar-refractivity contribution in [2.75, 3.05) is 11.9 Å². The third kappa shape index (κ3) is 3.94. The van der Waals surface area contributed by atoms with E-state index in [1.807, 2.05) is 18.4 Å². The Balaban J connectivity index is 1.76. The fraction of sp³-hybridized carbons (Fsp3) is 0.389. The number of sulfonamides is 1. The van der Waals surface area contributed by atoms with E-state index < -0.39 is 10.0 Å².